The Morgan fingerprint density at radius 3 is 1.80 bits per heavy atom. The van der Waals surface area contributed by atoms with Crippen LogP contribution in [0.3, 0.4) is 0 Å². The summed E-state index contributed by atoms with van der Waals surface area (Å²) < 4.78 is 0. The fraction of sp³-hybridized carbons (Fsp3) is 1.00. The maximum absolute atomic E-state index is 8.66. The molecule has 0 atom stereocenters. The highest BCUT2D eigenvalue weighted by Crippen LogP contribution is 1.97. The van der Waals surface area contributed by atoms with Crippen molar-refractivity contribution in [2.75, 3.05) is 13.2 Å². The van der Waals surface area contributed by atoms with Crippen LogP contribution in [0.5, 0.6) is 0 Å². The van der Waals surface area contributed by atoms with Gasteiger partial charge in [-0.3, -0.25) is 0 Å². The van der Waals surface area contributed by atoms with Gasteiger partial charge in [0.05, 0.1) is 6.61 Å². The average Bonchev–Trinajstić information content (AvgIpc) is 1.93. The van der Waals surface area contributed by atoms with Gasteiger partial charge in [-0.2, -0.15) is 0 Å². The third-order valence-electron chi connectivity index (χ3n) is 1.05. The normalized spacial score (nSPS) is 10.2. The molecule has 0 saturated heterocycles. The highest BCUT2D eigenvalue weighted by Gasteiger charge is 2.12. The molecular weight excluding hydrogens is 126 g/mol. The molecule has 0 unspecified atom stereocenters. The van der Waals surface area contributed by atoms with E-state index in [1.807, 2.05) is 34.6 Å². The van der Waals surface area contributed by atoms with Crippen molar-refractivity contribution in [2.45, 2.75) is 40.2 Å². The average molecular weight is 147 g/mol. The Labute approximate surface area is 64.6 Å². The Kier molecular flexibility index (Phi) is 8.85. The van der Waals surface area contributed by atoms with Gasteiger partial charge in [0.15, 0.2) is 0 Å². The lowest BCUT2D eigenvalue weighted by Crippen LogP contribution is -2.42. The molecule has 0 aliphatic heterocycles. The van der Waals surface area contributed by atoms with E-state index in [1.54, 1.807) is 0 Å². The molecule has 10 heavy (non-hydrogen) atoms. The molecule has 0 amide bonds. The highest BCUT2D eigenvalue weighted by molar-refractivity contribution is 4.74. The minimum atomic E-state index is -0.102. The van der Waals surface area contributed by atoms with Gasteiger partial charge < -0.3 is 10.4 Å². The summed E-state index contributed by atoms with van der Waals surface area (Å²) in [5, 5.41) is 11.8. The van der Waals surface area contributed by atoms with Gasteiger partial charge in [0, 0.05) is 5.54 Å². The Hall–Kier alpha value is -0.0800. The molecule has 0 aliphatic rings. The molecule has 0 aromatic carbocycles. The van der Waals surface area contributed by atoms with Crippen molar-refractivity contribution >= 4 is 0 Å². The van der Waals surface area contributed by atoms with Gasteiger partial charge in [-0.25, -0.2) is 0 Å². The second kappa shape index (κ2) is 7.03. The van der Waals surface area contributed by atoms with Crippen LogP contribution in [0.1, 0.15) is 34.6 Å². The summed E-state index contributed by atoms with van der Waals surface area (Å²) in [6.07, 6.45) is 0. The fourth-order valence-corrected chi connectivity index (χ4v) is 0.534. The van der Waals surface area contributed by atoms with Crippen LogP contribution in [0.15, 0.2) is 0 Å². The van der Waals surface area contributed by atoms with E-state index in [0.717, 1.165) is 6.54 Å². The number of likely N-dealkylation sites (N-methyl/N-ethyl adjacent to an activating group) is 1. The van der Waals surface area contributed by atoms with E-state index < -0.39 is 0 Å². The summed E-state index contributed by atoms with van der Waals surface area (Å²) in [5.74, 6) is 0. The lowest BCUT2D eigenvalue weighted by atomic mass is 10.1. The molecule has 0 radical (unpaired) electrons. The second-order valence-electron chi connectivity index (χ2n) is 2.57. The second-order valence-corrected chi connectivity index (χ2v) is 2.57. The van der Waals surface area contributed by atoms with Crippen molar-refractivity contribution in [1.82, 2.24) is 5.32 Å². The van der Waals surface area contributed by atoms with E-state index in [2.05, 4.69) is 5.32 Å². The summed E-state index contributed by atoms with van der Waals surface area (Å²) >= 11 is 0. The standard InChI is InChI=1S/C6H15NO.C2H6/c1-4-7-6(2,3)5-8;1-2/h7-8H,4-5H2,1-3H3;1-2H3. The van der Waals surface area contributed by atoms with Gasteiger partial charge in [0.25, 0.3) is 0 Å². The largest absolute Gasteiger partial charge is 0.394 e. The number of aliphatic hydroxyl groups is 1. The Balaban J connectivity index is 0. The van der Waals surface area contributed by atoms with Crippen LogP contribution in [-0.4, -0.2) is 23.8 Å². The highest BCUT2D eigenvalue weighted by atomic mass is 16.3. The zero-order chi connectivity index (χ0) is 8.62. The minimum Gasteiger partial charge on any atom is -0.394 e. The van der Waals surface area contributed by atoms with Crippen LogP contribution in [0, 0.1) is 0 Å². The summed E-state index contributed by atoms with van der Waals surface area (Å²) in [7, 11) is 0. The third kappa shape index (κ3) is 7.92. The van der Waals surface area contributed by atoms with Crippen LogP contribution in [0.4, 0.5) is 0 Å². The van der Waals surface area contributed by atoms with Crippen molar-refractivity contribution in [3.05, 3.63) is 0 Å². The zero-order valence-corrected chi connectivity index (χ0v) is 7.86. The Morgan fingerprint density at radius 1 is 1.30 bits per heavy atom. The molecule has 2 heteroatoms. The maximum Gasteiger partial charge on any atom is 0.0607 e. The zero-order valence-electron chi connectivity index (χ0n) is 7.86. The van der Waals surface area contributed by atoms with Crippen LogP contribution < -0.4 is 5.32 Å². The van der Waals surface area contributed by atoms with E-state index in [9.17, 15) is 0 Å². The number of hydrogen-bond donors (Lipinski definition) is 2. The van der Waals surface area contributed by atoms with Crippen LogP contribution in [0.25, 0.3) is 0 Å². The maximum atomic E-state index is 8.66. The van der Waals surface area contributed by atoms with Crippen molar-refractivity contribution in [3.8, 4) is 0 Å². The van der Waals surface area contributed by atoms with E-state index in [4.69, 9.17) is 5.11 Å². The van der Waals surface area contributed by atoms with E-state index >= 15 is 0 Å². The Bertz CT molecular complexity index is 62.3. The minimum absolute atomic E-state index is 0.102. The van der Waals surface area contributed by atoms with Gasteiger partial charge in [0.1, 0.15) is 0 Å². The number of aliphatic hydroxyl groups excluding tert-OH is 1. The number of nitrogens with one attached hydrogen (secondary N) is 1. The number of rotatable bonds is 3. The molecule has 0 aliphatic carbocycles. The molecule has 0 heterocycles. The first-order valence-corrected chi connectivity index (χ1v) is 3.98. The molecule has 2 nitrogen and oxygen atoms in total. The predicted molar refractivity (Wildman–Crippen MR) is 46.2 cm³/mol. The lowest BCUT2D eigenvalue weighted by Gasteiger charge is -2.21. The van der Waals surface area contributed by atoms with Crippen molar-refractivity contribution in [2.24, 2.45) is 0 Å². The molecule has 0 bridgehead atoms. The van der Waals surface area contributed by atoms with Crippen LogP contribution in [-0.2, 0) is 0 Å². The van der Waals surface area contributed by atoms with Gasteiger partial charge in [-0.1, -0.05) is 20.8 Å². The smallest absolute Gasteiger partial charge is 0.0607 e. The summed E-state index contributed by atoms with van der Waals surface area (Å²) in [4.78, 5) is 0. The molecule has 64 valence electrons. The summed E-state index contributed by atoms with van der Waals surface area (Å²) in [6, 6.07) is 0. The van der Waals surface area contributed by atoms with Crippen molar-refractivity contribution in [3.63, 3.8) is 0 Å². The number of hydrogen-bond acceptors (Lipinski definition) is 2. The third-order valence-corrected chi connectivity index (χ3v) is 1.05. The summed E-state index contributed by atoms with van der Waals surface area (Å²) in [5.41, 5.74) is -0.102. The first-order chi connectivity index (χ1) is 4.62. The molecule has 0 spiro atoms. The molecule has 0 aromatic heterocycles. The van der Waals surface area contributed by atoms with Gasteiger partial charge in [0.2, 0.25) is 0 Å². The SMILES string of the molecule is CC.CCNC(C)(C)CO. The molecule has 0 fully saturated rings. The fourth-order valence-electron chi connectivity index (χ4n) is 0.534. The molecule has 0 saturated carbocycles. The van der Waals surface area contributed by atoms with Crippen LogP contribution >= 0.6 is 0 Å². The molecular formula is C8H21NO. The van der Waals surface area contributed by atoms with Crippen LogP contribution in [0.2, 0.25) is 0 Å². The molecule has 0 rings (SSSR count). The van der Waals surface area contributed by atoms with Gasteiger partial charge in [-0.15, -0.1) is 0 Å². The first kappa shape index (κ1) is 12.6. The monoisotopic (exact) mass is 147 g/mol. The van der Waals surface area contributed by atoms with Crippen molar-refractivity contribution in [1.29, 1.82) is 0 Å². The topological polar surface area (TPSA) is 32.3 Å². The van der Waals surface area contributed by atoms with Crippen molar-refractivity contribution < 1.29 is 5.11 Å². The lowest BCUT2D eigenvalue weighted by molar-refractivity contribution is 0.191. The quantitative estimate of drug-likeness (QED) is 0.632. The van der Waals surface area contributed by atoms with Gasteiger partial charge in [-0.05, 0) is 20.4 Å². The first-order valence-electron chi connectivity index (χ1n) is 3.98. The molecule has 2 N–H and O–H groups in total. The van der Waals surface area contributed by atoms with Gasteiger partial charge >= 0.3 is 0 Å². The van der Waals surface area contributed by atoms with E-state index in [-0.39, 0.29) is 12.1 Å². The predicted octanol–water partition coefficient (Wildman–Crippen LogP) is 1.39. The Morgan fingerprint density at radius 2 is 1.70 bits per heavy atom. The molecule has 0 aromatic rings. The van der Waals surface area contributed by atoms with E-state index in [0.29, 0.717) is 0 Å². The van der Waals surface area contributed by atoms with E-state index in [1.165, 1.54) is 0 Å². The summed E-state index contributed by atoms with van der Waals surface area (Å²) in [6.45, 7) is 11.1.